The van der Waals surface area contributed by atoms with Crippen LogP contribution in [-0.2, 0) is 10.1 Å². The average molecular weight is 460 g/mol. The van der Waals surface area contributed by atoms with Crippen LogP contribution in [0.4, 0.5) is 5.95 Å². The number of carbonyl (C=O) groups is 1. The van der Waals surface area contributed by atoms with Gasteiger partial charge < -0.3 is 13.7 Å². The van der Waals surface area contributed by atoms with Crippen molar-refractivity contribution in [1.29, 1.82) is 0 Å². The third kappa shape index (κ3) is 4.29. The molecule has 0 unspecified atom stereocenters. The molecule has 0 aliphatic carbocycles. The fraction of sp³-hybridized carbons (Fsp3) is 0. The molecule has 0 spiro atoms. The zero-order valence-electron chi connectivity index (χ0n) is 16.9. The maximum Gasteiger partial charge on any atom is 0.339 e. The molecular formula is C22H16N6O4S. The number of hydrogen-bond acceptors (Lipinski definition) is 7. The van der Waals surface area contributed by atoms with Gasteiger partial charge in [0.15, 0.2) is 0 Å². The summed E-state index contributed by atoms with van der Waals surface area (Å²) in [5, 5.41) is 2.62. The summed E-state index contributed by atoms with van der Waals surface area (Å²) in [5.41, 5.74) is 2.03. The Hall–Kier alpha value is -4.51. The van der Waals surface area contributed by atoms with Gasteiger partial charge >= 0.3 is 10.1 Å². The van der Waals surface area contributed by atoms with Gasteiger partial charge in [0.05, 0.1) is 17.4 Å². The van der Waals surface area contributed by atoms with E-state index in [1.807, 2.05) is 0 Å². The van der Waals surface area contributed by atoms with Crippen molar-refractivity contribution in [3.63, 3.8) is 0 Å². The van der Waals surface area contributed by atoms with E-state index < -0.39 is 16.0 Å². The average Bonchev–Trinajstić information content (AvgIpc) is 3.49. The minimum Gasteiger partial charge on any atom is -0.379 e. The third-order valence-corrected chi connectivity index (χ3v) is 5.98. The van der Waals surface area contributed by atoms with Gasteiger partial charge in [-0.1, -0.05) is 6.07 Å². The first kappa shape index (κ1) is 20.4. The first-order valence-electron chi connectivity index (χ1n) is 9.73. The van der Waals surface area contributed by atoms with E-state index in [0.717, 1.165) is 5.69 Å². The molecule has 10 nitrogen and oxygen atoms in total. The number of imidazole rings is 2. The summed E-state index contributed by atoms with van der Waals surface area (Å²) in [6.07, 6.45) is 6.52. The molecule has 5 aromatic rings. The Balaban J connectivity index is 1.34. The number of anilines is 1. The molecular weight excluding hydrogens is 444 g/mol. The number of aromatic amines is 1. The van der Waals surface area contributed by atoms with E-state index in [1.165, 1.54) is 30.5 Å². The van der Waals surface area contributed by atoms with Crippen molar-refractivity contribution in [2.45, 2.75) is 4.90 Å². The number of benzene rings is 2. The maximum absolute atomic E-state index is 12.7. The fourth-order valence-corrected chi connectivity index (χ4v) is 4.06. The Morgan fingerprint density at radius 2 is 1.88 bits per heavy atom. The molecule has 2 aromatic carbocycles. The second-order valence-electron chi connectivity index (χ2n) is 6.93. The van der Waals surface area contributed by atoms with Crippen LogP contribution in [0.15, 0.2) is 90.5 Å². The van der Waals surface area contributed by atoms with E-state index >= 15 is 0 Å². The number of pyridine rings is 1. The highest BCUT2D eigenvalue weighted by Gasteiger charge is 2.18. The monoisotopic (exact) mass is 460 g/mol. The van der Waals surface area contributed by atoms with Crippen LogP contribution in [0, 0.1) is 0 Å². The smallest absolute Gasteiger partial charge is 0.339 e. The molecule has 3 heterocycles. The summed E-state index contributed by atoms with van der Waals surface area (Å²) in [5.74, 6) is -0.126. The zero-order valence-corrected chi connectivity index (χ0v) is 17.7. The number of H-pyrrole nitrogens is 1. The lowest BCUT2D eigenvalue weighted by molar-refractivity contribution is 0.102. The summed E-state index contributed by atoms with van der Waals surface area (Å²) >= 11 is 0. The highest BCUT2D eigenvalue weighted by atomic mass is 32.2. The molecule has 0 saturated carbocycles. The number of aromatic nitrogens is 5. The van der Waals surface area contributed by atoms with Crippen molar-refractivity contribution in [2.75, 3.05) is 5.32 Å². The Kier molecular flexibility index (Phi) is 5.07. The number of carbonyl (C=O) groups excluding carboxylic acids is 1. The van der Waals surface area contributed by atoms with Gasteiger partial charge in [-0.3, -0.25) is 15.1 Å². The molecule has 0 fully saturated rings. The highest BCUT2D eigenvalue weighted by molar-refractivity contribution is 7.87. The van der Waals surface area contributed by atoms with Crippen LogP contribution >= 0.6 is 0 Å². The summed E-state index contributed by atoms with van der Waals surface area (Å²) in [6, 6.07) is 15.8. The number of rotatable bonds is 6. The predicted molar refractivity (Wildman–Crippen MR) is 120 cm³/mol. The second-order valence-corrected chi connectivity index (χ2v) is 8.48. The molecule has 11 heteroatoms. The number of nitrogens with one attached hydrogen (secondary N) is 2. The lowest BCUT2D eigenvalue weighted by atomic mass is 10.3. The van der Waals surface area contributed by atoms with Crippen molar-refractivity contribution in [3.05, 3.63) is 91.3 Å². The van der Waals surface area contributed by atoms with E-state index in [4.69, 9.17) is 4.18 Å². The quantitative estimate of drug-likeness (QED) is 0.372. The van der Waals surface area contributed by atoms with E-state index in [1.54, 1.807) is 59.7 Å². The summed E-state index contributed by atoms with van der Waals surface area (Å²) < 4.78 is 32.5. The third-order valence-electron chi connectivity index (χ3n) is 4.72. The normalized spacial score (nSPS) is 11.4. The minimum absolute atomic E-state index is 0.0109. The predicted octanol–water partition coefficient (Wildman–Crippen LogP) is 3.16. The zero-order chi connectivity index (χ0) is 22.8. The first-order chi connectivity index (χ1) is 16.0. The van der Waals surface area contributed by atoms with Gasteiger partial charge in [-0.2, -0.15) is 8.42 Å². The van der Waals surface area contributed by atoms with Gasteiger partial charge in [0, 0.05) is 30.3 Å². The molecule has 0 radical (unpaired) electrons. The molecule has 5 rings (SSSR count). The largest absolute Gasteiger partial charge is 0.379 e. The van der Waals surface area contributed by atoms with Crippen molar-refractivity contribution in [3.8, 4) is 11.4 Å². The van der Waals surface area contributed by atoms with E-state index in [9.17, 15) is 13.2 Å². The fourth-order valence-electron chi connectivity index (χ4n) is 3.14. The van der Waals surface area contributed by atoms with Crippen LogP contribution in [-0.4, -0.2) is 38.8 Å². The number of nitrogens with zero attached hydrogens (tertiary/aromatic N) is 4. The Morgan fingerprint density at radius 3 is 2.61 bits per heavy atom. The van der Waals surface area contributed by atoms with Gasteiger partial charge in [0.1, 0.15) is 16.3 Å². The van der Waals surface area contributed by atoms with Gasteiger partial charge in [-0.25, -0.2) is 9.97 Å². The molecule has 0 bridgehead atoms. The van der Waals surface area contributed by atoms with Crippen LogP contribution in [0.1, 0.15) is 10.5 Å². The summed E-state index contributed by atoms with van der Waals surface area (Å²) in [4.78, 5) is 27.5. The minimum atomic E-state index is -4.06. The van der Waals surface area contributed by atoms with Crippen LogP contribution in [0.3, 0.4) is 0 Å². The van der Waals surface area contributed by atoms with Crippen LogP contribution < -0.4 is 9.50 Å². The number of fused-ring (bicyclic) bond motifs is 1. The first-order valence-corrected chi connectivity index (χ1v) is 11.1. The van der Waals surface area contributed by atoms with Gasteiger partial charge in [0.2, 0.25) is 5.95 Å². The number of hydrogen-bond donors (Lipinski definition) is 2. The maximum atomic E-state index is 12.7. The standard InChI is InChI=1S/C22H16N6O4S/c29-21(19-3-1-2-10-24-19)27-22-25-18-9-6-16(13-20(18)26-22)32-33(30,31)17-7-4-15(5-8-17)28-12-11-23-14-28/h1-14H,(H2,25,26,27,29). The van der Waals surface area contributed by atoms with Crippen molar-refractivity contribution in [2.24, 2.45) is 0 Å². The Bertz CT molecular complexity index is 1530. The van der Waals surface area contributed by atoms with Crippen molar-refractivity contribution >= 4 is 33.0 Å². The Labute approximate surface area is 188 Å². The molecule has 33 heavy (non-hydrogen) atoms. The molecule has 0 saturated heterocycles. The van der Waals surface area contributed by atoms with Gasteiger partial charge in [-0.15, -0.1) is 0 Å². The van der Waals surface area contributed by atoms with Crippen LogP contribution in [0.25, 0.3) is 16.7 Å². The topological polar surface area (TPSA) is 132 Å². The lowest BCUT2D eigenvalue weighted by Crippen LogP contribution is -2.14. The van der Waals surface area contributed by atoms with Crippen molar-refractivity contribution < 1.29 is 17.4 Å². The van der Waals surface area contributed by atoms with Crippen molar-refractivity contribution in [1.82, 2.24) is 24.5 Å². The lowest BCUT2D eigenvalue weighted by Gasteiger charge is -2.08. The number of amides is 1. The molecule has 3 aromatic heterocycles. The van der Waals surface area contributed by atoms with E-state index in [0.29, 0.717) is 11.0 Å². The second kappa shape index (κ2) is 8.20. The molecule has 2 N–H and O–H groups in total. The van der Waals surface area contributed by atoms with Crippen LogP contribution in [0.2, 0.25) is 0 Å². The molecule has 0 aliphatic rings. The Morgan fingerprint density at radius 1 is 1.03 bits per heavy atom. The van der Waals surface area contributed by atoms with E-state index in [-0.39, 0.29) is 22.3 Å². The van der Waals surface area contributed by atoms with Gasteiger partial charge in [-0.05, 0) is 48.5 Å². The summed E-state index contributed by atoms with van der Waals surface area (Å²) in [7, 11) is -4.06. The SMILES string of the molecule is O=C(Nc1nc2cc(OS(=O)(=O)c3ccc(-n4ccnc4)cc3)ccc2[nH]1)c1ccccn1. The molecule has 0 atom stereocenters. The molecule has 1 amide bonds. The summed E-state index contributed by atoms with van der Waals surface area (Å²) in [6.45, 7) is 0. The van der Waals surface area contributed by atoms with Crippen LogP contribution in [0.5, 0.6) is 5.75 Å². The van der Waals surface area contributed by atoms with Gasteiger partial charge in [0.25, 0.3) is 5.91 Å². The van der Waals surface area contributed by atoms with E-state index in [2.05, 4.69) is 25.3 Å². The highest BCUT2D eigenvalue weighted by Crippen LogP contribution is 2.24. The molecule has 164 valence electrons. The molecule has 0 aliphatic heterocycles.